The summed E-state index contributed by atoms with van der Waals surface area (Å²) in [6.45, 7) is 2.24. The molecule has 1 aliphatic rings. The van der Waals surface area contributed by atoms with Gasteiger partial charge in [0.25, 0.3) is 0 Å². The van der Waals surface area contributed by atoms with Crippen LogP contribution in [0.15, 0.2) is 18.2 Å². The number of benzene rings is 1. The highest BCUT2D eigenvalue weighted by atomic mass is 19.1. The zero-order chi connectivity index (χ0) is 10.8. The van der Waals surface area contributed by atoms with Crippen LogP contribution >= 0.6 is 0 Å². The maximum atomic E-state index is 13.2. The number of halogens is 1. The molecule has 2 heteroatoms. The van der Waals surface area contributed by atoms with E-state index >= 15 is 0 Å². The first-order chi connectivity index (χ1) is 7.18. The van der Waals surface area contributed by atoms with Gasteiger partial charge in [0.1, 0.15) is 5.82 Å². The van der Waals surface area contributed by atoms with E-state index in [2.05, 4.69) is 6.92 Å². The van der Waals surface area contributed by atoms with Gasteiger partial charge in [-0.05, 0) is 42.0 Å². The van der Waals surface area contributed by atoms with Crippen LogP contribution in [0.4, 0.5) is 10.1 Å². The molecule has 1 aromatic carbocycles. The average Bonchev–Trinajstić information content (AvgIpc) is 2.23. The number of rotatable bonds is 1. The molecule has 2 rings (SSSR count). The lowest BCUT2D eigenvalue weighted by molar-refractivity contribution is 0.330. The van der Waals surface area contributed by atoms with E-state index in [4.69, 9.17) is 5.73 Å². The van der Waals surface area contributed by atoms with E-state index in [1.54, 1.807) is 12.1 Å². The van der Waals surface area contributed by atoms with Gasteiger partial charge in [0.05, 0.1) is 0 Å². The predicted octanol–water partition coefficient (Wildman–Crippen LogP) is 3.70. The van der Waals surface area contributed by atoms with Crippen LogP contribution in [0, 0.1) is 11.7 Å². The van der Waals surface area contributed by atoms with Gasteiger partial charge in [-0.1, -0.05) is 26.2 Å². The lowest BCUT2D eigenvalue weighted by Gasteiger charge is -2.29. The van der Waals surface area contributed by atoms with Crippen LogP contribution in [-0.2, 0) is 0 Å². The predicted molar refractivity (Wildman–Crippen MR) is 61.2 cm³/mol. The van der Waals surface area contributed by atoms with Gasteiger partial charge in [-0.3, -0.25) is 0 Å². The molecule has 1 aromatic rings. The standard InChI is InChI=1S/C13H18FN/c1-9-4-2-3-5-11(9)12-8-10(14)6-7-13(12)15/h6-9,11H,2-5,15H2,1H3/t9-,11-/m0/s1. The fourth-order valence-corrected chi connectivity index (χ4v) is 2.65. The van der Waals surface area contributed by atoms with Crippen molar-refractivity contribution in [3.63, 3.8) is 0 Å². The third-order valence-corrected chi connectivity index (χ3v) is 3.56. The van der Waals surface area contributed by atoms with Crippen molar-refractivity contribution in [1.82, 2.24) is 0 Å². The van der Waals surface area contributed by atoms with E-state index in [0.717, 1.165) is 17.7 Å². The fraction of sp³-hybridized carbons (Fsp3) is 0.538. The Morgan fingerprint density at radius 3 is 2.73 bits per heavy atom. The van der Waals surface area contributed by atoms with Crippen molar-refractivity contribution >= 4 is 5.69 Å². The summed E-state index contributed by atoms with van der Waals surface area (Å²) in [5.74, 6) is 0.911. The number of anilines is 1. The molecule has 0 aromatic heterocycles. The van der Waals surface area contributed by atoms with Crippen LogP contribution in [0.3, 0.4) is 0 Å². The summed E-state index contributed by atoms with van der Waals surface area (Å²) in [5, 5.41) is 0. The van der Waals surface area contributed by atoms with Gasteiger partial charge < -0.3 is 5.73 Å². The van der Waals surface area contributed by atoms with Crippen molar-refractivity contribution in [2.45, 2.75) is 38.5 Å². The zero-order valence-corrected chi connectivity index (χ0v) is 9.17. The smallest absolute Gasteiger partial charge is 0.123 e. The van der Waals surface area contributed by atoms with Crippen molar-refractivity contribution in [3.8, 4) is 0 Å². The van der Waals surface area contributed by atoms with Gasteiger partial charge in [-0.25, -0.2) is 4.39 Å². The molecule has 1 fully saturated rings. The second-order valence-corrected chi connectivity index (χ2v) is 4.64. The minimum atomic E-state index is -0.169. The Balaban J connectivity index is 2.30. The van der Waals surface area contributed by atoms with Crippen molar-refractivity contribution in [2.24, 2.45) is 5.92 Å². The molecule has 0 aliphatic heterocycles. The molecule has 0 radical (unpaired) electrons. The van der Waals surface area contributed by atoms with Gasteiger partial charge in [-0.2, -0.15) is 0 Å². The highest BCUT2D eigenvalue weighted by Crippen LogP contribution is 2.39. The molecule has 2 atom stereocenters. The maximum absolute atomic E-state index is 13.2. The zero-order valence-electron chi connectivity index (χ0n) is 9.17. The first-order valence-electron chi connectivity index (χ1n) is 5.73. The van der Waals surface area contributed by atoms with Crippen molar-refractivity contribution in [3.05, 3.63) is 29.6 Å². The summed E-state index contributed by atoms with van der Waals surface area (Å²) >= 11 is 0. The molecule has 0 saturated heterocycles. The SMILES string of the molecule is C[C@H]1CCCC[C@@H]1c1cc(F)ccc1N. The lowest BCUT2D eigenvalue weighted by Crippen LogP contribution is -2.16. The fourth-order valence-electron chi connectivity index (χ4n) is 2.65. The number of hydrogen-bond donors (Lipinski definition) is 1. The minimum absolute atomic E-state index is 0.169. The molecular formula is C13H18FN. The molecule has 1 saturated carbocycles. The quantitative estimate of drug-likeness (QED) is 0.698. The Labute approximate surface area is 90.5 Å². The molecular weight excluding hydrogens is 189 g/mol. The molecule has 1 nitrogen and oxygen atoms in total. The second kappa shape index (κ2) is 4.21. The van der Waals surface area contributed by atoms with Crippen LogP contribution in [0.2, 0.25) is 0 Å². The lowest BCUT2D eigenvalue weighted by atomic mass is 9.76. The van der Waals surface area contributed by atoms with Gasteiger partial charge in [0, 0.05) is 5.69 Å². The maximum Gasteiger partial charge on any atom is 0.123 e. The van der Waals surface area contributed by atoms with Gasteiger partial charge in [0.15, 0.2) is 0 Å². The Kier molecular flexibility index (Phi) is 2.94. The Morgan fingerprint density at radius 2 is 2.00 bits per heavy atom. The number of nitrogens with two attached hydrogens (primary N) is 1. The molecule has 0 heterocycles. The second-order valence-electron chi connectivity index (χ2n) is 4.64. The van der Waals surface area contributed by atoms with Gasteiger partial charge in [0.2, 0.25) is 0 Å². The molecule has 2 N–H and O–H groups in total. The number of nitrogen functional groups attached to an aromatic ring is 1. The molecule has 0 spiro atoms. The van der Waals surface area contributed by atoms with Crippen LogP contribution < -0.4 is 5.73 Å². The first-order valence-corrected chi connectivity index (χ1v) is 5.73. The summed E-state index contributed by atoms with van der Waals surface area (Å²) in [6.07, 6.45) is 4.92. The molecule has 0 bridgehead atoms. The monoisotopic (exact) mass is 207 g/mol. The number of hydrogen-bond acceptors (Lipinski definition) is 1. The van der Waals surface area contributed by atoms with Crippen molar-refractivity contribution in [2.75, 3.05) is 5.73 Å². The van der Waals surface area contributed by atoms with Gasteiger partial charge >= 0.3 is 0 Å². The summed E-state index contributed by atoms with van der Waals surface area (Å²) in [5.41, 5.74) is 7.68. The summed E-state index contributed by atoms with van der Waals surface area (Å²) in [6, 6.07) is 4.74. The molecule has 0 unspecified atom stereocenters. The molecule has 15 heavy (non-hydrogen) atoms. The van der Waals surface area contributed by atoms with Crippen LogP contribution in [0.5, 0.6) is 0 Å². The van der Waals surface area contributed by atoms with Crippen molar-refractivity contribution < 1.29 is 4.39 Å². The third-order valence-electron chi connectivity index (χ3n) is 3.56. The Hall–Kier alpha value is -1.05. The van der Waals surface area contributed by atoms with E-state index in [-0.39, 0.29) is 5.82 Å². The third kappa shape index (κ3) is 2.14. The highest BCUT2D eigenvalue weighted by molar-refractivity contribution is 5.49. The molecule has 82 valence electrons. The molecule has 0 amide bonds. The summed E-state index contributed by atoms with van der Waals surface area (Å²) < 4.78 is 13.2. The summed E-state index contributed by atoms with van der Waals surface area (Å²) in [7, 11) is 0. The average molecular weight is 207 g/mol. The van der Waals surface area contributed by atoms with E-state index in [1.807, 2.05) is 0 Å². The highest BCUT2D eigenvalue weighted by Gasteiger charge is 2.24. The van der Waals surface area contributed by atoms with E-state index in [0.29, 0.717) is 11.8 Å². The Morgan fingerprint density at radius 1 is 1.27 bits per heavy atom. The van der Waals surface area contributed by atoms with Crippen molar-refractivity contribution in [1.29, 1.82) is 0 Å². The van der Waals surface area contributed by atoms with Crippen LogP contribution in [0.25, 0.3) is 0 Å². The summed E-state index contributed by atoms with van der Waals surface area (Å²) in [4.78, 5) is 0. The molecule has 1 aliphatic carbocycles. The topological polar surface area (TPSA) is 26.0 Å². The normalized spacial score (nSPS) is 26.5. The van der Waals surface area contributed by atoms with Crippen LogP contribution in [-0.4, -0.2) is 0 Å². The first kappa shape index (κ1) is 10.5. The van der Waals surface area contributed by atoms with E-state index in [9.17, 15) is 4.39 Å². The minimum Gasteiger partial charge on any atom is -0.398 e. The largest absolute Gasteiger partial charge is 0.398 e. The van der Waals surface area contributed by atoms with Crippen LogP contribution in [0.1, 0.15) is 44.1 Å². The van der Waals surface area contributed by atoms with E-state index in [1.165, 1.54) is 25.3 Å². The van der Waals surface area contributed by atoms with E-state index < -0.39 is 0 Å². The Bertz CT molecular complexity index is 348. The van der Waals surface area contributed by atoms with Gasteiger partial charge in [-0.15, -0.1) is 0 Å².